The summed E-state index contributed by atoms with van der Waals surface area (Å²) in [4.78, 5) is 32.3. The number of ether oxygens (including phenoxy) is 1. The number of aromatic nitrogens is 1. The molecule has 0 amide bonds. The van der Waals surface area contributed by atoms with Gasteiger partial charge in [-0.25, -0.2) is 9.79 Å². The maximum atomic E-state index is 13.8. The topological polar surface area (TPSA) is 80.9 Å². The summed E-state index contributed by atoms with van der Waals surface area (Å²) in [6, 6.07) is 12.4. The molecule has 0 saturated carbocycles. The van der Waals surface area contributed by atoms with Gasteiger partial charge in [-0.3, -0.25) is 9.36 Å². The van der Waals surface area contributed by atoms with Crippen molar-refractivity contribution in [1.29, 1.82) is 0 Å². The van der Waals surface area contributed by atoms with Crippen LogP contribution in [0.25, 0.3) is 6.08 Å². The summed E-state index contributed by atoms with van der Waals surface area (Å²) in [5.41, 5.74) is 3.29. The van der Waals surface area contributed by atoms with Crippen molar-refractivity contribution in [3.8, 4) is 5.75 Å². The summed E-state index contributed by atoms with van der Waals surface area (Å²) in [7, 11) is 0. The van der Waals surface area contributed by atoms with Crippen molar-refractivity contribution in [3.05, 3.63) is 94.6 Å². The highest BCUT2D eigenvalue weighted by molar-refractivity contribution is 9.10. The average molecular weight is 570 g/mol. The number of phenolic OH excluding ortho intramolecular Hbond substituents is 1. The lowest BCUT2D eigenvalue weighted by Gasteiger charge is -2.26. The monoisotopic (exact) mass is 568 g/mol. The zero-order chi connectivity index (χ0) is 26.0. The summed E-state index contributed by atoms with van der Waals surface area (Å²) in [5.74, 6) is -0.0278. The van der Waals surface area contributed by atoms with Crippen LogP contribution in [0.1, 0.15) is 69.2 Å². The van der Waals surface area contributed by atoms with E-state index in [2.05, 4.69) is 29.8 Å². The second-order valence-electron chi connectivity index (χ2n) is 8.94. The first-order valence-corrected chi connectivity index (χ1v) is 13.7. The molecule has 8 heteroatoms. The number of thiazole rings is 1. The fourth-order valence-electron chi connectivity index (χ4n) is 4.28. The molecule has 1 aliphatic heterocycles. The summed E-state index contributed by atoms with van der Waals surface area (Å²) in [6.45, 7) is 8.28. The van der Waals surface area contributed by atoms with E-state index in [1.54, 1.807) is 35.8 Å². The molecule has 36 heavy (non-hydrogen) atoms. The molecule has 6 nitrogen and oxygen atoms in total. The van der Waals surface area contributed by atoms with Crippen LogP contribution in [0.15, 0.2) is 68.0 Å². The van der Waals surface area contributed by atoms with Crippen LogP contribution in [0.5, 0.6) is 5.75 Å². The van der Waals surface area contributed by atoms with Gasteiger partial charge in [0.05, 0.1) is 28.5 Å². The number of halogens is 1. The molecule has 0 aliphatic carbocycles. The maximum absolute atomic E-state index is 13.8. The Bertz CT molecular complexity index is 1500. The second kappa shape index (κ2) is 11.0. The van der Waals surface area contributed by atoms with Crippen LogP contribution in [0.3, 0.4) is 0 Å². The Kier molecular flexibility index (Phi) is 7.95. The third kappa shape index (κ3) is 5.11. The number of nitrogens with zero attached hydrogens (tertiary/aromatic N) is 2. The Morgan fingerprint density at radius 3 is 2.58 bits per heavy atom. The molecule has 188 valence electrons. The molecule has 0 saturated heterocycles. The Hall–Kier alpha value is -2.97. The van der Waals surface area contributed by atoms with Crippen molar-refractivity contribution in [1.82, 2.24) is 4.57 Å². The first-order chi connectivity index (χ1) is 17.2. The third-order valence-electron chi connectivity index (χ3n) is 6.09. The zero-order valence-electron chi connectivity index (χ0n) is 20.7. The van der Waals surface area contributed by atoms with Gasteiger partial charge in [0.25, 0.3) is 5.56 Å². The lowest BCUT2D eigenvalue weighted by molar-refractivity contribution is -0.139. The Morgan fingerprint density at radius 2 is 1.94 bits per heavy atom. The van der Waals surface area contributed by atoms with Gasteiger partial charge in [-0.05, 0) is 54.7 Å². The van der Waals surface area contributed by atoms with E-state index in [1.165, 1.54) is 16.9 Å². The molecule has 0 spiro atoms. The highest BCUT2D eigenvalue weighted by atomic mass is 79.9. The standard InChI is InChI=1S/C28H29BrN2O4S/c1-5-7-21-24(27(34)35-6-2)25(18-10-8-17(9-11-18)16(3)4)31-26(33)23(36-28(31)30-21)15-19-14-20(29)12-13-22(19)32/h8-16,25,32H,5-7H2,1-4H3/b23-15-/t25-/m0/s1. The molecule has 2 heterocycles. The molecule has 0 bridgehead atoms. The summed E-state index contributed by atoms with van der Waals surface area (Å²) >= 11 is 4.67. The van der Waals surface area contributed by atoms with Gasteiger partial charge in [-0.15, -0.1) is 0 Å². The number of phenols is 1. The first-order valence-electron chi connectivity index (χ1n) is 12.0. The minimum Gasteiger partial charge on any atom is -0.507 e. The molecule has 0 unspecified atom stereocenters. The predicted molar refractivity (Wildman–Crippen MR) is 146 cm³/mol. The van der Waals surface area contributed by atoms with Crippen LogP contribution in [-0.2, 0) is 9.53 Å². The van der Waals surface area contributed by atoms with Gasteiger partial charge in [-0.2, -0.15) is 0 Å². The summed E-state index contributed by atoms with van der Waals surface area (Å²) in [5, 5.41) is 10.3. The highest BCUT2D eigenvalue weighted by Crippen LogP contribution is 2.33. The Labute approximate surface area is 222 Å². The summed E-state index contributed by atoms with van der Waals surface area (Å²) < 4.78 is 8.24. The van der Waals surface area contributed by atoms with E-state index < -0.39 is 12.0 Å². The lowest BCUT2D eigenvalue weighted by atomic mass is 9.92. The first kappa shape index (κ1) is 26.1. The van der Waals surface area contributed by atoms with Crippen molar-refractivity contribution in [2.45, 2.75) is 52.5 Å². The van der Waals surface area contributed by atoms with E-state index in [9.17, 15) is 14.7 Å². The van der Waals surface area contributed by atoms with Crippen LogP contribution < -0.4 is 14.9 Å². The number of benzene rings is 2. The molecule has 4 rings (SSSR count). The van der Waals surface area contributed by atoms with Gasteiger partial charge in [0.15, 0.2) is 4.80 Å². The number of aromatic hydroxyl groups is 1. The van der Waals surface area contributed by atoms with E-state index in [-0.39, 0.29) is 17.9 Å². The van der Waals surface area contributed by atoms with E-state index in [1.807, 2.05) is 31.2 Å². The molecular weight excluding hydrogens is 540 g/mol. The third-order valence-corrected chi connectivity index (χ3v) is 7.56. The molecule has 2 aromatic carbocycles. The molecule has 1 atom stereocenters. The van der Waals surface area contributed by atoms with Crippen molar-refractivity contribution >= 4 is 39.3 Å². The second-order valence-corrected chi connectivity index (χ2v) is 10.9. The number of rotatable bonds is 7. The molecule has 3 aromatic rings. The number of carbonyl (C=O) groups excluding carboxylic acids is 1. The van der Waals surface area contributed by atoms with Crippen LogP contribution in [0.4, 0.5) is 0 Å². The van der Waals surface area contributed by atoms with Crippen LogP contribution >= 0.6 is 27.3 Å². The van der Waals surface area contributed by atoms with Crippen molar-refractivity contribution < 1.29 is 14.6 Å². The fraction of sp³-hybridized carbons (Fsp3) is 0.321. The predicted octanol–water partition coefficient (Wildman–Crippen LogP) is 5.17. The number of fused-ring (bicyclic) bond motifs is 1. The minimum atomic E-state index is -0.652. The Morgan fingerprint density at radius 1 is 1.22 bits per heavy atom. The quantitative estimate of drug-likeness (QED) is 0.399. The molecule has 0 fully saturated rings. The van der Waals surface area contributed by atoms with E-state index >= 15 is 0 Å². The highest BCUT2D eigenvalue weighted by Gasteiger charge is 2.34. The van der Waals surface area contributed by atoms with Gasteiger partial charge < -0.3 is 9.84 Å². The Balaban J connectivity index is 1.99. The summed E-state index contributed by atoms with van der Waals surface area (Å²) in [6.07, 6.45) is 3.05. The largest absolute Gasteiger partial charge is 0.507 e. The van der Waals surface area contributed by atoms with Crippen molar-refractivity contribution in [2.24, 2.45) is 4.99 Å². The molecule has 1 aliphatic rings. The SMILES string of the molecule is CCCC1=C(C(=O)OCC)[C@H](c2ccc(C(C)C)cc2)n2c(s/c(=C\c3cc(Br)ccc3O)c2=O)=N1. The number of esters is 1. The van der Waals surface area contributed by atoms with Crippen LogP contribution in [0, 0.1) is 0 Å². The normalized spacial score (nSPS) is 15.7. The molecular formula is C28H29BrN2O4S. The molecule has 0 radical (unpaired) electrons. The fourth-order valence-corrected chi connectivity index (χ4v) is 5.67. The van der Waals surface area contributed by atoms with Crippen molar-refractivity contribution in [2.75, 3.05) is 6.61 Å². The van der Waals surface area contributed by atoms with Gasteiger partial charge >= 0.3 is 5.97 Å². The molecule has 1 aromatic heterocycles. The number of hydrogen-bond acceptors (Lipinski definition) is 6. The van der Waals surface area contributed by atoms with Gasteiger partial charge in [0.2, 0.25) is 0 Å². The van der Waals surface area contributed by atoms with E-state index in [4.69, 9.17) is 9.73 Å². The maximum Gasteiger partial charge on any atom is 0.338 e. The van der Waals surface area contributed by atoms with Crippen LogP contribution in [0.2, 0.25) is 0 Å². The lowest BCUT2D eigenvalue weighted by Crippen LogP contribution is -2.40. The van der Waals surface area contributed by atoms with Gasteiger partial charge in [0.1, 0.15) is 5.75 Å². The van der Waals surface area contributed by atoms with Gasteiger partial charge in [-0.1, -0.05) is 78.7 Å². The number of hydrogen-bond donors (Lipinski definition) is 1. The smallest absolute Gasteiger partial charge is 0.338 e. The van der Waals surface area contributed by atoms with E-state index in [0.717, 1.165) is 16.5 Å². The number of allylic oxidation sites excluding steroid dienone is 1. The van der Waals surface area contributed by atoms with Gasteiger partial charge in [0, 0.05) is 10.0 Å². The molecule has 1 N–H and O–H groups in total. The van der Waals surface area contributed by atoms with E-state index in [0.29, 0.717) is 38.5 Å². The average Bonchev–Trinajstić information content (AvgIpc) is 3.15. The zero-order valence-corrected chi connectivity index (χ0v) is 23.1. The van der Waals surface area contributed by atoms with Crippen LogP contribution in [-0.4, -0.2) is 22.2 Å². The minimum absolute atomic E-state index is 0.0729. The van der Waals surface area contributed by atoms with Crippen molar-refractivity contribution in [3.63, 3.8) is 0 Å². The number of carbonyl (C=O) groups is 1.